The van der Waals surface area contributed by atoms with Gasteiger partial charge in [0.15, 0.2) is 11.5 Å². The van der Waals surface area contributed by atoms with Crippen LogP contribution >= 0.6 is 0 Å². The maximum absolute atomic E-state index is 12.6. The number of hydrogen-bond donors (Lipinski definition) is 2. The first-order valence-corrected chi connectivity index (χ1v) is 9.03. The third-order valence-electron chi connectivity index (χ3n) is 3.76. The average Bonchev–Trinajstić information content (AvgIpc) is 2.63. The van der Waals surface area contributed by atoms with Gasteiger partial charge in [-0.3, -0.25) is 9.59 Å². The van der Waals surface area contributed by atoms with Crippen LogP contribution < -0.4 is 20.1 Å². The van der Waals surface area contributed by atoms with Gasteiger partial charge in [-0.2, -0.15) is 0 Å². The molecule has 2 amide bonds. The summed E-state index contributed by atoms with van der Waals surface area (Å²) in [6.45, 7) is 8.31. The molecule has 0 saturated heterocycles. The van der Waals surface area contributed by atoms with Crippen molar-refractivity contribution in [2.75, 3.05) is 23.8 Å². The SMILES string of the molecule is CCCOc1ccc(C(=O)Nc2ccc(NC(C)=O)c(C)c2)cc1OCC. The molecule has 0 saturated carbocycles. The van der Waals surface area contributed by atoms with Crippen LogP contribution in [0.1, 0.15) is 43.1 Å². The van der Waals surface area contributed by atoms with Crippen molar-refractivity contribution < 1.29 is 19.1 Å². The zero-order chi connectivity index (χ0) is 19.8. The molecule has 0 fully saturated rings. The zero-order valence-electron chi connectivity index (χ0n) is 16.2. The maximum atomic E-state index is 12.6. The molecule has 6 heteroatoms. The largest absolute Gasteiger partial charge is 0.490 e. The molecular weight excluding hydrogens is 344 g/mol. The van der Waals surface area contributed by atoms with Crippen LogP contribution in [-0.2, 0) is 4.79 Å². The molecule has 144 valence electrons. The van der Waals surface area contributed by atoms with Crippen molar-refractivity contribution in [2.24, 2.45) is 0 Å². The molecule has 0 bridgehead atoms. The molecule has 0 heterocycles. The highest BCUT2D eigenvalue weighted by Crippen LogP contribution is 2.29. The fourth-order valence-electron chi connectivity index (χ4n) is 2.52. The average molecular weight is 370 g/mol. The molecule has 0 radical (unpaired) electrons. The maximum Gasteiger partial charge on any atom is 0.255 e. The number of rotatable bonds is 8. The van der Waals surface area contributed by atoms with E-state index in [-0.39, 0.29) is 11.8 Å². The predicted molar refractivity (Wildman–Crippen MR) is 107 cm³/mol. The second-order valence-corrected chi connectivity index (χ2v) is 6.11. The monoisotopic (exact) mass is 370 g/mol. The van der Waals surface area contributed by atoms with E-state index in [0.29, 0.717) is 36.0 Å². The number of amides is 2. The molecule has 0 aliphatic carbocycles. The molecule has 2 N–H and O–H groups in total. The highest BCUT2D eigenvalue weighted by molar-refractivity contribution is 6.05. The van der Waals surface area contributed by atoms with Crippen LogP contribution in [-0.4, -0.2) is 25.0 Å². The number of benzene rings is 2. The summed E-state index contributed by atoms with van der Waals surface area (Å²) in [7, 11) is 0. The van der Waals surface area contributed by atoms with Gasteiger partial charge in [-0.05, 0) is 62.2 Å². The second kappa shape index (κ2) is 9.62. The minimum Gasteiger partial charge on any atom is -0.490 e. The van der Waals surface area contributed by atoms with Crippen LogP contribution in [0.25, 0.3) is 0 Å². The molecule has 2 aromatic carbocycles. The second-order valence-electron chi connectivity index (χ2n) is 6.11. The summed E-state index contributed by atoms with van der Waals surface area (Å²) in [5, 5.41) is 5.61. The number of carbonyl (C=O) groups excluding carboxylic acids is 2. The van der Waals surface area contributed by atoms with Gasteiger partial charge in [0.25, 0.3) is 5.91 Å². The van der Waals surface area contributed by atoms with E-state index in [1.807, 2.05) is 26.8 Å². The molecule has 0 atom stereocenters. The van der Waals surface area contributed by atoms with Crippen LogP contribution in [0.3, 0.4) is 0 Å². The van der Waals surface area contributed by atoms with Crippen molar-refractivity contribution in [1.82, 2.24) is 0 Å². The van der Waals surface area contributed by atoms with Crippen molar-refractivity contribution in [3.8, 4) is 11.5 Å². The Labute approximate surface area is 159 Å². The van der Waals surface area contributed by atoms with Crippen molar-refractivity contribution in [1.29, 1.82) is 0 Å². The Balaban J connectivity index is 2.16. The predicted octanol–water partition coefficient (Wildman–Crippen LogP) is 4.39. The Morgan fingerprint density at radius 2 is 1.74 bits per heavy atom. The topological polar surface area (TPSA) is 76.7 Å². The standard InChI is InChI=1S/C21H26N2O4/c1-5-11-27-19-10-7-16(13-20(19)26-6-2)21(25)23-17-8-9-18(14(3)12-17)22-15(4)24/h7-10,12-13H,5-6,11H2,1-4H3,(H,22,24)(H,23,25). The Hall–Kier alpha value is -3.02. The number of ether oxygens (including phenoxy) is 2. The summed E-state index contributed by atoms with van der Waals surface area (Å²) < 4.78 is 11.3. The molecule has 0 aliphatic rings. The smallest absolute Gasteiger partial charge is 0.255 e. The highest BCUT2D eigenvalue weighted by atomic mass is 16.5. The van der Waals surface area contributed by atoms with Gasteiger partial charge in [0, 0.05) is 23.9 Å². The Bertz CT molecular complexity index is 818. The van der Waals surface area contributed by atoms with Crippen LogP contribution in [0, 0.1) is 6.92 Å². The number of carbonyl (C=O) groups is 2. The van der Waals surface area contributed by atoms with Crippen LogP contribution in [0.2, 0.25) is 0 Å². The van der Waals surface area contributed by atoms with Gasteiger partial charge in [0.1, 0.15) is 0 Å². The van der Waals surface area contributed by atoms with E-state index >= 15 is 0 Å². The van der Waals surface area contributed by atoms with Gasteiger partial charge >= 0.3 is 0 Å². The van der Waals surface area contributed by atoms with Crippen LogP contribution in [0.4, 0.5) is 11.4 Å². The summed E-state index contributed by atoms with van der Waals surface area (Å²) in [4.78, 5) is 23.8. The molecule has 27 heavy (non-hydrogen) atoms. The van der Waals surface area contributed by atoms with Crippen LogP contribution in [0.5, 0.6) is 11.5 Å². The number of hydrogen-bond acceptors (Lipinski definition) is 4. The van der Waals surface area contributed by atoms with Crippen molar-refractivity contribution in [3.05, 3.63) is 47.5 Å². The number of aryl methyl sites for hydroxylation is 1. The summed E-state index contributed by atoms with van der Waals surface area (Å²) in [5.41, 5.74) is 2.71. The van der Waals surface area contributed by atoms with E-state index in [0.717, 1.165) is 17.7 Å². The molecule has 6 nitrogen and oxygen atoms in total. The van der Waals surface area contributed by atoms with Gasteiger partial charge in [0.2, 0.25) is 5.91 Å². The first kappa shape index (κ1) is 20.3. The van der Waals surface area contributed by atoms with E-state index < -0.39 is 0 Å². The third-order valence-corrected chi connectivity index (χ3v) is 3.76. The Morgan fingerprint density at radius 1 is 0.963 bits per heavy atom. The Morgan fingerprint density at radius 3 is 2.37 bits per heavy atom. The molecule has 2 rings (SSSR count). The molecule has 2 aromatic rings. The van der Waals surface area contributed by atoms with Crippen LogP contribution in [0.15, 0.2) is 36.4 Å². The lowest BCUT2D eigenvalue weighted by atomic mass is 10.1. The van der Waals surface area contributed by atoms with E-state index in [1.165, 1.54) is 6.92 Å². The van der Waals surface area contributed by atoms with E-state index in [9.17, 15) is 9.59 Å². The van der Waals surface area contributed by atoms with E-state index in [4.69, 9.17) is 9.47 Å². The number of anilines is 2. The minimum absolute atomic E-state index is 0.135. The molecular formula is C21H26N2O4. The van der Waals surface area contributed by atoms with Gasteiger partial charge in [-0.1, -0.05) is 6.92 Å². The summed E-state index contributed by atoms with van der Waals surface area (Å²) in [6.07, 6.45) is 0.891. The zero-order valence-corrected chi connectivity index (χ0v) is 16.2. The molecule has 0 spiro atoms. The molecule has 0 unspecified atom stereocenters. The van der Waals surface area contributed by atoms with Crippen molar-refractivity contribution in [3.63, 3.8) is 0 Å². The van der Waals surface area contributed by atoms with E-state index in [2.05, 4.69) is 10.6 Å². The summed E-state index contributed by atoms with van der Waals surface area (Å²) >= 11 is 0. The summed E-state index contributed by atoms with van der Waals surface area (Å²) in [5.74, 6) is 0.801. The van der Waals surface area contributed by atoms with E-state index in [1.54, 1.807) is 30.3 Å². The lowest BCUT2D eigenvalue weighted by Gasteiger charge is -2.14. The first-order valence-electron chi connectivity index (χ1n) is 9.03. The highest BCUT2D eigenvalue weighted by Gasteiger charge is 2.12. The van der Waals surface area contributed by atoms with Gasteiger partial charge < -0.3 is 20.1 Å². The lowest BCUT2D eigenvalue weighted by molar-refractivity contribution is -0.114. The molecule has 0 aromatic heterocycles. The quantitative estimate of drug-likeness (QED) is 0.722. The van der Waals surface area contributed by atoms with Gasteiger partial charge in [-0.15, -0.1) is 0 Å². The first-order chi connectivity index (χ1) is 12.9. The number of nitrogens with one attached hydrogen (secondary N) is 2. The normalized spacial score (nSPS) is 10.2. The fraction of sp³-hybridized carbons (Fsp3) is 0.333. The van der Waals surface area contributed by atoms with Gasteiger partial charge in [-0.25, -0.2) is 0 Å². The van der Waals surface area contributed by atoms with Crippen molar-refractivity contribution in [2.45, 2.75) is 34.1 Å². The third kappa shape index (κ3) is 5.74. The fourth-order valence-corrected chi connectivity index (χ4v) is 2.52. The minimum atomic E-state index is -0.246. The van der Waals surface area contributed by atoms with Crippen molar-refractivity contribution >= 4 is 23.2 Å². The summed E-state index contributed by atoms with van der Waals surface area (Å²) in [6, 6.07) is 10.5. The Kier molecular flexibility index (Phi) is 7.23. The molecule has 0 aliphatic heterocycles. The lowest BCUT2D eigenvalue weighted by Crippen LogP contribution is -2.13. The van der Waals surface area contributed by atoms with Gasteiger partial charge in [0.05, 0.1) is 13.2 Å².